The highest BCUT2D eigenvalue weighted by Gasteiger charge is 2.25. The summed E-state index contributed by atoms with van der Waals surface area (Å²) < 4.78 is 0. The van der Waals surface area contributed by atoms with Crippen molar-refractivity contribution in [3.63, 3.8) is 0 Å². The van der Waals surface area contributed by atoms with E-state index in [9.17, 15) is 0 Å². The van der Waals surface area contributed by atoms with Gasteiger partial charge in [-0.05, 0) is 63.3 Å². The van der Waals surface area contributed by atoms with E-state index in [0.29, 0.717) is 17.6 Å². The zero-order valence-corrected chi connectivity index (χ0v) is 21.5. The average molecular weight is 459 g/mol. The second-order valence-electron chi connectivity index (χ2n) is 9.06. The lowest BCUT2D eigenvalue weighted by Crippen LogP contribution is -2.42. The van der Waals surface area contributed by atoms with Gasteiger partial charge in [0.05, 0.1) is 11.4 Å². The number of benzene rings is 1. The molecule has 3 N–H and O–H groups in total. The van der Waals surface area contributed by atoms with Gasteiger partial charge in [0, 0.05) is 12.2 Å². The molecule has 1 aromatic carbocycles. The fourth-order valence-electron chi connectivity index (χ4n) is 4.13. The topological polar surface area (TPSA) is 53.7 Å². The van der Waals surface area contributed by atoms with Gasteiger partial charge >= 0.3 is 0 Å². The molecular weight excluding hydrogens is 416 g/mol. The molecular formula is C30H42N4. The largest absolute Gasteiger partial charge is 0.397 e. The summed E-state index contributed by atoms with van der Waals surface area (Å²) in [6.45, 7) is 20.9. The fraction of sp³-hybridized carbons (Fsp3) is 0.367. The summed E-state index contributed by atoms with van der Waals surface area (Å²) in [6.07, 6.45) is 14.4. The van der Waals surface area contributed by atoms with E-state index in [4.69, 9.17) is 5.73 Å². The van der Waals surface area contributed by atoms with E-state index < -0.39 is 0 Å². The van der Waals surface area contributed by atoms with Crippen LogP contribution in [0.25, 0.3) is 5.57 Å². The molecule has 2 rings (SSSR count). The van der Waals surface area contributed by atoms with Gasteiger partial charge in [0.1, 0.15) is 11.7 Å². The Morgan fingerprint density at radius 2 is 1.88 bits per heavy atom. The number of rotatable bonds is 10. The van der Waals surface area contributed by atoms with Crippen molar-refractivity contribution in [2.24, 2.45) is 10.7 Å². The molecule has 0 amide bonds. The first kappa shape index (κ1) is 27.0. The Kier molecular flexibility index (Phi) is 10.7. The molecule has 1 aliphatic carbocycles. The molecule has 182 valence electrons. The van der Waals surface area contributed by atoms with Gasteiger partial charge in [-0.25, -0.2) is 4.99 Å². The molecule has 4 heteroatoms. The van der Waals surface area contributed by atoms with Gasteiger partial charge < -0.3 is 16.0 Å². The Hall–Kier alpha value is -3.27. The van der Waals surface area contributed by atoms with E-state index in [1.54, 1.807) is 6.20 Å². The van der Waals surface area contributed by atoms with Crippen LogP contribution in [0.3, 0.4) is 0 Å². The number of nitrogens with two attached hydrogens (primary N) is 1. The lowest BCUT2D eigenvalue weighted by Gasteiger charge is -2.38. The van der Waals surface area contributed by atoms with Crippen molar-refractivity contribution in [2.75, 3.05) is 0 Å². The van der Waals surface area contributed by atoms with Gasteiger partial charge in [-0.3, -0.25) is 0 Å². The van der Waals surface area contributed by atoms with Crippen LogP contribution in [0.15, 0.2) is 96.2 Å². The maximum atomic E-state index is 6.56. The summed E-state index contributed by atoms with van der Waals surface area (Å²) >= 11 is 0. The maximum Gasteiger partial charge on any atom is 0.131 e. The molecule has 0 atom stereocenters. The molecule has 1 aliphatic rings. The standard InChI is InChI=1S/C30H42N4/c1-8-22(3)21-30(32-9-2)33-26(7)34(28-16-11-10-12-17-28)25(6)29(31)19-18-24(5)27-15-13-14-23(4)20-27/h9,13-15,18-21,28H,2,6-8,10-12,16-17,31H2,1,3-5H3,(H,32,33)/b22-21+,24-18+,29-19+. The monoisotopic (exact) mass is 458 g/mol. The van der Waals surface area contributed by atoms with E-state index in [1.165, 1.54) is 36.0 Å². The van der Waals surface area contributed by atoms with Gasteiger partial charge in [0.15, 0.2) is 0 Å². The van der Waals surface area contributed by atoms with Gasteiger partial charge in [-0.1, -0.05) is 87.4 Å². The summed E-state index contributed by atoms with van der Waals surface area (Å²) in [5.41, 5.74) is 12.7. The highest BCUT2D eigenvalue weighted by atomic mass is 15.3. The highest BCUT2D eigenvalue weighted by Crippen LogP contribution is 2.29. The molecule has 4 nitrogen and oxygen atoms in total. The Morgan fingerprint density at radius 3 is 2.50 bits per heavy atom. The van der Waals surface area contributed by atoms with Crippen LogP contribution >= 0.6 is 0 Å². The minimum absolute atomic E-state index is 0.302. The molecule has 1 fully saturated rings. The minimum atomic E-state index is 0.302. The quantitative estimate of drug-likeness (QED) is 0.219. The predicted octanol–water partition coefficient (Wildman–Crippen LogP) is 7.35. The fourth-order valence-corrected chi connectivity index (χ4v) is 4.13. The third-order valence-corrected chi connectivity index (χ3v) is 6.28. The van der Waals surface area contributed by atoms with Crippen molar-refractivity contribution in [1.82, 2.24) is 10.2 Å². The first-order chi connectivity index (χ1) is 16.3. The first-order valence-corrected chi connectivity index (χ1v) is 12.3. The van der Waals surface area contributed by atoms with Crippen LogP contribution in [0, 0.1) is 6.92 Å². The van der Waals surface area contributed by atoms with Crippen LogP contribution in [-0.2, 0) is 0 Å². The number of aliphatic imine (C=N–C) groups is 1. The number of nitrogens with one attached hydrogen (secondary N) is 1. The normalized spacial score (nSPS) is 16.2. The number of nitrogens with zero attached hydrogens (tertiary/aromatic N) is 2. The molecule has 34 heavy (non-hydrogen) atoms. The van der Waals surface area contributed by atoms with E-state index in [1.807, 2.05) is 12.2 Å². The van der Waals surface area contributed by atoms with Crippen molar-refractivity contribution in [3.05, 3.63) is 102 Å². The van der Waals surface area contributed by atoms with E-state index >= 15 is 0 Å². The Bertz CT molecular complexity index is 1000. The van der Waals surface area contributed by atoms with Crippen LogP contribution in [0.4, 0.5) is 0 Å². The number of hydrogen-bond acceptors (Lipinski definition) is 3. The van der Waals surface area contributed by atoms with E-state index in [-0.39, 0.29) is 0 Å². The third kappa shape index (κ3) is 7.95. The number of amidine groups is 1. The van der Waals surface area contributed by atoms with Crippen molar-refractivity contribution in [1.29, 1.82) is 0 Å². The van der Waals surface area contributed by atoms with Crippen molar-refractivity contribution in [3.8, 4) is 0 Å². The first-order valence-electron chi connectivity index (χ1n) is 12.3. The zero-order valence-electron chi connectivity index (χ0n) is 21.5. The zero-order chi connectivity index (χ0) is 25.1. The molecule has 0 radical (unpaired) electrons. The number of aryl methyl sites for hydroxylation is 1. The van der Waals surface area contributed by atoms with Crippen LogP contribution in [0.1, 0.15) is 70.4 Å². The lowest BCUT2D eigenvalue weighted by molar-refractivity contribution is 0.241. The third-order valence-electron chi connectivity index (χ3n) is 6.28. The number of allylic oxidation sites excluding steroid dienone is 4. The molecule has 0 heterocycles. The van der Waals surface area contributed by atoms with E-state index in [0.717, 1.165) is 36.4 Å². The summed E-state index contributed by atoms with van der Waals surface area (Å²) in [6, 6.07) is 8.77. The molecule has 0 bridgehead atoms. The molecule has 0 saturated heterocycles. The van der Waals surface area contributed by atoms with Crippen LogP contribution in [0.5, 0.6) is 0 Å². The smallest absolute Gasteiger partial charge is 0.131 e. The highest BCUT2D eigenvalue weighted by molar-refractivity contribution is 5.95. The summed E-state index contributed by atoms with van der Waals surface area (Å²) in [4.78, 5) is 6.57. The molecule has 1 saturated carbocycles. The number of hydrogen-bond donors (Lipinski definition) is 2. The van der Waals surface area contributed by atoms with E-state index in [2.05, 4.69) is 93.0 Å². The Balaban J connectivity index is 2.31. The lowest BCUT2D eigenvalue weighted by atomic mass is 9.93. The average Bonchev–Trinajstić information content (AvgIpc) is 2.83. The molecule has 1 aromatic rings. The van der Waals surface area contributed by atoms with Crippen LogP contribution in [0.2, 0.25) is 0 Å². The second kappa shape index (κ2) is 13.4. The van der Waals surface area contributed by atoms with Gasteiger partial charge in [-0.2, -0.15) is 0 Å². The summed E-state index contributed by atoms with van der Waals surface area (Å²) in [7, 11) is 0. The van der Waals surface area contributed by atoms with Crippen LogP contribution < -0.4 is 11.1 Å². The molecule has 0 unspecified atom stereocenters. The van der Waals surface area contributed by atoms with Crippen molar-refractivity contribution < 1.29 is 0 Å². The summed E-state index contributed by atoms with van der Waals surface area (Å²) in [5.74, 6) is 1.44. The summed E-state index contributed by atoms with van der Waals surface area (Å²) in [5, 5.41) is 3.39. The van der Waals surface area contributed by atoms with Gasteiger partial charge in [0.2, 0.25) is 0 Å². The van der Waals surface area contributed by atoms with Crippen molar-refractivity contribution in [2.45, 2.75) is 72.3 Å². The molecule has 0 aromatic heterocycles. The maximum absolute atomic E-state index is 6.56. The van der Waals surface area contributed by atoms with Gasteiger partial charge in [0.25, 0.3) is 0 Å². The van der Waals surface area contributed by atoms with Gasteiger partial charge in [-0.15, -0.1) is 0 Å². The Morgan fingerprint density at radius 1 is 1.18 bits per heavy atom. The van der Waals surface area contributed by atoms with Crippen LogP contribution in [-0.4, -0.2) is 16.8 Å². The Labute approximate surface area is 207 Å². The van der Waals surface area contributed by atoms with Crippen molar-refractivity contribution >= 4 is 11.4 Å². The molecule has 0 spiro atoms. The minimum Gasteiger partial charge on any atom is -0.397 e. The SMILES string of the molecule is C=C/N=C(\C=C(/C)CC)NC(=C)N(C(=C)/C(N)=C\C=C(/C)c1cccc(C)c1)C1CCCCC1. The second-order valence-corrected chi connectivity index (χ2v) is 9.06. The molecule has 0 aliphatic heterocycles. The predicted molar refractivity (Wildman–Crippen MR) is 149 cm³/mol.